The van der Waals surface area contributed by atoms with Crippen LogP contribution in [0.4, 0.5) is 23.7 Å². The van der Waals surface area contributed by atoms with Crippen molar-refractivity contribution in [2.75, 3.05) is 44.6 Å². The first-order valence-electron chi connectivity index (χ1n) is 14.8. The van der Waals surface area contributed by atoms with Crippen molar-refractivity contribution in [3.05, 3.63) is 65.1 Å². The van der Waals surface area contributed by atoms with E-state index in [4.69, 9.17) is 4.74 Å². The number of anilines is 1. The number of nitrogens with one attached hydrogen (secondary N) is 2. The number of aromatic nitrogens is 5. The number of H-pyrrole nitrogens is 1. The molecular formula is C30H34F3N9O3. The lowest BCUT2D eigenvalue weighted by Gasteiger charge is -2.34. The molecule has 0 bridgehead atoms. The van der Waals surface area contributed by atoms with E-state index in [1.54, 1.807) is 18.3 Å². The molecule has 12 nitrogen and oxygen atoms in total. The maximum atomic E-state index is 14.1. The molecule has 0 aromatic carbocycles. The molecule has 6 rings (SSSR count). The van der Waals surface area contributed by atoms with E-state index in [0.29, 0.717) is 42.1 Å². The van der Waals surface area contributed by atoms with Crippen molar-refractivity contribution in [3.63, 3.8) is 0 Å². The zero-order chi connectivity index (χ0) is 31.7. The molecule has 2 aliphatic heterocycles. The van der Waals surface area contributed by atoms with Crippen LogP contribution in [0.5, 0.6) is 11.6 Å². The smallest absolute Gasteiger partial charge is 0.418 e. The predicted molar refractivity (Wildman–Crippen MR) is 159 cm³/mol. The Balaban J connectivity index is 1.16. The van der Waals surface area contributed by atoms with Gasteiger partial charge in [-0.1, -0.05) is 13.8 Å². The Bertz CT molecular complexity index is 1690. The molecule has 6 heterocycles. The summed E-state index contributed by atoms with van der Waals surface area (Å²) >= 11 is 0. The van der Waals surface area contributed by atoms with E-state index >= 15 is 0 Å². The van der Waals surface area contributed by atoms with Gasteiger partial charge in [0.15, 0.2) is 0 Å². The highest BCUT2D eigenvalue weighted by Gasteiger charge is 2.36. The molecule has 1 unspecified atom stereocenters. The third-order valence-corrected chi connectivity index (χ3v) is 8.23. The fraction of sp³-hybridized carbons (Fsp3) is 0.433. The first-order valence-corrected chi connectivity index (χ1v) is 14.8. The van der Waals surface area contributed by atoms with Crippen LogP contribution in [-0.4, -0.2) is 90.0 Å². The summed E-state index contributed by atoms with van der Waals surface area (Å²) in [6, 6.07) is 3.88. The van der Waals surface area contributed by atoms with E-state index < -0.39 is 17.8 Å². The summed E-state index contributed by atoms with van der Waals surface area (Å²) in [7, 11) is 0. The van der Waals surface area contributed by atoms with Crippen LogP contribution in [0, 0.1) is 0 Å². The van der Waals surface area contributed by atoms with Gasteiger partial charge in [0, 0.05) is 57.4 Å². The Morgan fingerprint density at radius 2 is 1.87 bits per heavy atom. The number of carbonyl (C=O) groups is 1. The minimum atomic E-state index is -4.62. The number of pyridine rings is 2. The Labute approximate surface area is 257 Å². The number of aliphatic hydroxyl groups excluding tert-OH is 1. The van der Waals surface area contributed by atoms with Gasteiger partial charge in [0.1, 0.15) is 17.7 Å². The summed E-state index contributed by atoms with van der Waals surface area (Å²) in [4.78, 5) is 39.1. The molecule has 4 aromatic heterocycles. The third-order valence-electron chi connectivity index (χ3n) is 8.23. The molecular weight excluding hydrogens is 591 g/mol. The number of hydrogen-bond acceptors (Lipinski definition) is 9. The number of aliphatic hydroxyl groups is 1. The van der Waals surface area contributed by atoms with Gasteiger partial charge in [0.05, 0.1) is 47.0 Å². The number of piperazine rings is 1. The van der Waals surface area contributed by atoms with Gasteiger partial charge in [-0.05, 0) is 30.3 Å². The Kier molecular flexibility index (Phi) is 8.57. The summed E-state index contributed by atoms with van der Waals surface area (Å²) < 4.78 is 48.2. The summed E-state index contributed by atoms with van der Waals surface area (Å²) in [6.07, 6.45) is -0.418. The molecule has 2 amide bonds. The number of urea groups is 1. The van der Waals surface area contributed by atoms with Crippen molar-refractivity contribution in [1.82, 2.24) is 39.6 Å². The zero-order valence-electron chi connectivity index (χ0n) is 24.9. The standard InChI is InChI=1S/C30H34F3N9O3/c1-3-40-4-6-41(7-5-40)15-25-24(30(31,32)33)10-20(11-34-25)39-29(44)42-13-18(2)26-19(14-42)8-22(12-35-26)45-28-23-9-21(16-43)38-27(23)36-17-37-28/h8-12,17-18,43H,3-7,13-16H2,1-2H3,(H,39,44)(H,36,37,38). The van der Waals surface area contributed by atoms with Gasteiger partial charge < -0.3 is 29.9 Å². The largest absolute Gasteiger partial charge is 0.437 e. The molecule has 1 atom stereocenters. The van der Waals surface area contributed by atoms with Crippen molar-refractivity contribution in [3.8, 4) is 11.6 Å². The summed E-state index contributed by atoms with van der Waals surface area (Å²) in [6.45, 7) is 8.24. The van der Waals surface area contributed by atoms with Crippen molar-refractivity contribution < 1.29 is 27.8 Å². The fourth-order valence-electron chi connectivity index (χ4n) is 5.83. The summed E-state index contributed by atoms with van der Waals surface area (Å²) in [5.41, 5.74) is 1.68. The maximum Gasteiger partial charge on any atom is 0.418 e. The van der Waals surface area contributed by atoms with E-state index in [0.717, 1.165) is 37.0 Å². The quantitative estimate of drug-likeness (QED) is 0.274. The van der Waals surface area contributed by atoms with E-state index in [1.807, 2.05) is 11.8 Å². The van der Waals surface area contributed by atoms with E-state index in [9.17, 15) is 23.1 Å². The predicted octanol–water partition coefficient (Wildman–Crippen LogP) is 4.34. The van der Waals surface area contributed by atoms with Crippen molar-refractivity contribution in [1.29, 1.82) is 0 Å². The topological polar surface area (TPSA) is 136 Å². The van der Waals surface area contributed by atoms with Crippen molar-refractivity contribution >= 4 is 22.8 Å². The average molecular weight is 626 g/mol. The lowest BCUT2D eigenvalue weighted by molar-refractivity contribution is -0.138. The second-order valence-electron chi connectivity index (χ2n) is 11.3. The van der Waals surface area contributed by atoms with E-state index in [1.165, 1.54) is 17.4 Å². The van der Waals surface area contributed by atoms with Crippen molar-refractivity contribution in [2.24, 2.45) is 0 Å². The van der Waals surface area contributed by atoms with Gasteiger partial charge in [-0.25, -0.2) is 14.8 Å². The third kappa shape index (κ3) is 6.70. The normalized spacial score (nSPS) is 17.8. The first kappa shape index (κ1) is 30.7. The van der Waals surface area contributed by atoms with Gasteiger partial charge in [-0.15, -0.1) is 0 Å². The molecule has 1 fully saturated rings. The second-order valence-corrected chi connectivity index (χ2v) is 11.3. The molecule has 2 aliphatic rings. The number of hydrogen-bond donors (Lipinski definition) is 3. The number of carbonyl (C=O) groups excluding carboxylic acids is 1. The molecule has 45 heavy (non-hydrogen) atoms. The highest BCUT2D eigenvalue weighted by molar-refractivity contribution is 5.89. The first-order chi connectivity index (χ1) is 21.6. The molecule has 0 radical (unpaired) electrons. The second kappa shape index (κ2) is 12.6. The van der Waals surface area contributed by atoms with Crippen LogP contribution in [0.1, 0.15) is 48.0 Å². The monoisotopic (exact) mass is 625 g/mol. The lowest BCUT2D eigenvalue weighted by atomic mass is 9.96. The van der Waals surface area contributed by atoms with Gasteiger partial charge in [-0.2, -0.15) is 13.2 Å². The van der Waals surface area contributed by atoms with Gasteiger partial charge in [-0.3, -0.25) is 14.9 Å². The molecule has 0 aliphatic carbocycles. The van der Waals surface area contributed by atoms with E-state index in [2.05, 4.69) is 42.1 Å². The van der Waals surface area contributed by atoms with Crippen LogP contribution in [-0.2, 0) is 25.9 Å². The molecule has 4 aromatic rings. The number of ether oxygens (including phenoxy) is 1. The minimum Gasteiger partial charge on any atom is -0.437 e. The highest BCUT2D eigenvalue weighted by atomic mass is 19.4. The van der Waals surface area contributed by atoms with Crippen LogP contribution in [0.2, 0.25) is 0 Å². The van der Waals surface area contributed by atoms with Gasteiger partial charge in [0.25, 0.3) is 0 Å². The molecule has 1 saturated heterocycles. The van der Waals surface area contributed by atoms with Crippen LogP contribution in [0.3, 0.4) is 0 Å². The Hall–Kier alpha value is -4.34. The average Bonchev–Trinajstić information content (AvgIpc) is 3.46. The highest BCUT2D eigenvalue weighted by Crippen LogP contribution is 2.35. The van der Waals surface area contributed by atoms with Crippen LogP contribution >= 0.6 is 0 Å². The summed E-state index contributed by atoms with van der Waals surface area (Å²) in [5, 5.41) is 12.7. The molecule has 3 N–H and O–H groups in total. The molecule has 238 valence electrons. The number of nitrogens with zero attached hydrogens (tertiary/aromatic N) is 7. The van der Waals surface area contributed by atoms with Gasteiger partial charge >= 0.3 is 12.2 Å². The van der Waals surface area contributed by atoms with Crippen LogP contribution in [0.15, 0.2) is 36.9 Å². The SMILES string of the molecule is CCN1CCN(Cc2ncc(NC(=O)N3Cc4cc(Oc5ncnc6[nH]c(CO)cc56)cnc4C(C)C3)cc2C(F)(F)F)CC1. The minimum absolute atomic E-state index is 0.0259. The Morgan fingerprint density at radius 1 is 1.09 bits per heavy atom. The number of halogens is 3. The number of amides is 2. The zero-order valence-corrected chi connectivity index (χ0v) is 24.9. The number of aromatic amines is 1. The van der Waals surface area contributed by atoms with Gasteiger partial charge in [0.2, 0.25) is 5.88 Å². The lowest BCUT2D eigenvalue weighted by Crippen LogP contribution is -2.45. The van der Waals surface area contributed by atoms with Crippen LogP contribution in [0.25, 0.3) is 11.0 Å². The van der Waals surface area contributed by atoms with E-state index in [-0.39, 0.29) is 42.9 Å². The van der Waals surface area contributed by atoms with Crippen LogP contribution < -0.4 is 10.1 Å². The molecule has 15 heteroatoms. The Morgan fingerprint density at radius 3 is 2.60 bits per heavy atom. The number of rotatable bonds is 7. The summed E-state index contributed by atoms with van der Waals surface area (Å²) in [5.74, 6) is 0.534. The maximum absolute atomic E-state index is 14.1. The van der Waals surface area contributed by atoms with Crippen molar-refractivity contribution in [2.45, 2.75) is 45.6 Å². The number of alkyl halides is 3. The molecule has 0 saturated carbocycles. The number of fused-ring (bicyclic) bond motifs is 2. The fourth-order valence-corrected chi connectivity index (χ4v) is 5.83. The number of likely N-dealkylation sites (N-methyl/N-ethyl adjacent to an activating group) is 1. The molecule has 0 spiro atoms.